The summed E-state index contributed by atoms with van der Waals surface area (Å²) < 4.78 is 19.1. The van der Waals surface area contributed by atoms with Gasteiger partial charge in [0.2, 0.25) is 0 Å². The van der Waals surface area contributed by atoms with Crippen LogP contribution in [-0.2, 0) is 5.75 Å². The van der Waals surface area contributed by atoms with Crippen LogP contribution in [0.3, 0.4) is 0 Å². The molecule has 0 amide bonds. The smallest absolute Gasteiger partial charge is 0.167 e. The zero-order chi connectivity index (χ0) is 15.2. The predicted molar refractivity (Wildman–Crippen MR) is 87.6 cm³/mol. The molecule has 0 radical (unpaired) electrons. The van der Waals surface area contributed by atoms with Crippen molar-refractivity contribution in [3.63, 3.8) is 0 Å². The van der Waals surface area contributed by atoms with Gasteiger partial charge in [0.1, 0.15) is 0 Å². The van der Waals surface area contributed by atoms with Crippen LogP contribution in [0.2, 0.25) is 5.02 Å². The highest BCUT2D eigenvalue weighted by Crippen LogP contribution is 2.33. The molecule has 2 aromatic rings. The second-order valence-corrected chi connectivity index (χ2v) is 6.04. The monoisotopic (exact) mass is 325 g/mol. The Kier molecular flexibility index (Phi) is 5.76. The first-order chi connectivity index (χ1) is 10.1. The van der Waals surface area contributed by atoms with Gasteiger partial charge in [0.05, 0.1) is 6.61 Å². The summed E-state index contributed by atoms with van der Waals surface area (Å²) in [5.74, 6) is 0.571. The molecular formula is C16H17ClFNOS. The summed E-state index contributed by atoms with van der Waals surface area (Å²) in [6, 6.07) is 10.6. The van der Waals surface area contributed by atoms with Crippen molar-refractivity contribution < 1.29 is 9.13 Å². The Hall–Kier alpha value is -1.39. The van der Waals surface area contributed by atoms with Gasteiger partial charge >= 0.3 is 0 Å². The number of hydrogen-bond acceptors (Lipinski definition) is 3. The Morgan fingerprint density at radius 1 is 1.24 bits per heavy atom. The fourth-order valence-corrected chi connectivity index (χ4v) is 2.80. The van der Waals surface area contributed by atoms with Crippen LogP contribution in [0.15, 0.2) is 41.3 Å². The van der Waals surface area contributed by atoms with Crippen molar-refractivity contribution in [2.45, 2.75) is 24.0 Å². The standard InChI is InChI=1S/C16H17ClFNOS/c1-2-7-20-15-9-16(14(19)8-13(15)18)21-10-11-3-5-12(17)6-4-11/h3-6,8-9H,2,7,10,19H2,1H3. The molecule has 0 atom stereocenters. The van der Waals surface area contributed by atoms with Crippen molar-refractivity contribution >= 4 is 29.1 Å². The van der Waals surface area contributed by atoms with Gasteiger partial charge in [-0.05, 0) is 30.2 Å². The zero-order valence-corrected chi connectivity index (χ0v) is 13.3. The first-order valence-electron chi connectivity index (χ1n) is 6.69. The lowest BCUT2D eigenvalue weighted by atomic mass is 10.2. The third kappa shape index (κ3) is 4.55. The summed E-state index contributed by atoms with van der Waals surface area (Å²) in [4.78, 5) is 0.817. The Labute approximate surface area is 133 Å². The maximum atomic E-state index is 13.7. The zero-order valence-electron chi connectivity index (χ0n) is 11.7. The summed E-state index contributed by atoms with van der Waals surface area (Å²) in [6.07, 6.45) is 0.830. The lowest BCUT2D eigenvalue weighted by Gasteiger charge is -2.11. The van der Waals surface area contributed by atoms with Crippen molar-refractivity contribution in [2.24, 2.45) is 0 Å². The van der Waals surface area contributed by atoms with Crippen LogP contribution in [0.1, 0.15) is 18.9 Å². The fraction of sp³-hybridized carbons (Fsp3) is 0.250. The predicted octanol–water partition coefficient (Wildman–Crippen LogP) is 5.14. The number of nitrogen functional groups attached to an aromatic ring is 1. The fourth-order valence-electron chi connectivity index (χ4n) is 1.74. The third-order valence-electron chi connectivity index (χ3n) is 2.83. The Bertz CT molecular complexity index is 604. The minimum Gasteiger partial charge on any atom is -0.490 e. The van der Waals surface area contributed by atoms with Crippen molar-refractivity contribution in [3.8, 4) is 5.75 Å². The highest BCUT2D eigenvalue weighted by atomic mass is 35.5. The molecule has 0 spiro atoms. The summed E-state index contributed by atoms with van der Waals surface area (Å²) in [5.41, 5.74) is 7.42. The molecule has 2 nitrogen and oxygen atoms in total. The lowest BCUT2D eigenvalue weighted by molar-refractivity contribution is 0.300. The molecule has 0 aliphatic rings. The van der Waals surface area contributed by atoms with Gasteiger partial charge in [-0.1, -0.05) is 30.7 Å². The third-order valence-corrected chi connectivity index (χ3v) is 4.23. The molecular weight excluding hydrogens is 309 g/mol. The minimum atomic E-state index is -0.420. The van der Waals surface area contributed by atoms with Gasteiger partial charge in [-0.2, -0.15) is 0 Å². The van der Waals surface area contributed by atoms with Crippen LogP contribution in [0.4, 0.5) is 10.1 Å². The molecule has 2 N–H and O–H groups in total. The Morgan fingerprint density at radius 2 is 1.95 bits per heavy atom. The summed E-state index contributed by atoms with van der Waals surface area (Å²) in [7, 11) is 0. The molecule has 0 bridgehead atoms. The number of rotatable bonds is 6. The molecule has 0 saturated heterocycles. The molecule has 112 valence electrons. The van der Waals surface area contributed by atoms with Crippen molar-refractivity contribution in [1.82, 2.24) is 0 Å². The summed E-state index contributed by atoms with van der Waals surface area (Å²) in [5, 5.41) is 0.709. The van der Waals surface area contributed by atoms with E-state index in [4.69, 9.17) is 22.1 Å². The van der Waals surface area contributed by atoms with E-state index in [1.165, 1.54) is 6.07 Å². The molecule has 2 rings (SSSR count). The van der Waals surface area contributed by atoms with E-state index in [2.05, 4.69) is 0 Å². The van der Waals surface area contributed by atoms with E-state index in [-0.39, 0.29) is 5.75 Å². The van der Waals surface area contributed by atoms with Crippen LogP contribution >= 0.6 is 23.4 Å². The molecule has 21 heavy (non-hydrogen) atoms. The summed E-state index contributed by atoms with van der Waals surface area (Å²) in [6.45, 7) is 2.47. The number of anilines is 1. The number of hydrogen-bond donors (Lipinski definition) is 1. The van der Waals surface area contributed by atoms with Gasteiger partial charge < -0.3 is 10.5 Å². The van der Waals surface area contributed by atoms with E-state index in [0.29, 0.717) is 17.3 Å². The largest absolute Gasteiger partial charge is 0.490 e. The van der Waals surface area contributed by atoms with Gasteiger partial charge in [-0.3, -0.25) is 0 Å². The average molecular weight is 326 g/mol. The minimum absolute atomic E-state index is 0.254. The van der Waals surface area contributed by atoms with E-state index in [0.717, 1.165) is 22.6 Å². The van der Waals surface area contributed by atoms with Crippen LogP contribution in [-0.4, -0.2) is 6.61 Å². The molecule has 0 heterocycles. The van der Waals surface area contributed by atoms with Crippen LogP contribution in [0.5, 0.6) is 5.75 Å². The van der Waals surface area contributed by atoms with Crippen molar-refractivity contribution in [2.75, 3.05) is 12.3 Å². The van der Waals surface area contributed by atoms with Crippen LogP contribution < -0.4 is 10.5 Å². The molecule has 2 aromatic carbocycles. The van der Waals surface area contributed by atoms with E-state index in [9.17, 15) is 4.39 Å². The topological polar surface area (TPSA) is 35.2 Å². The molecule has 5 heteroatoms. The van der Waals surface area contributed by atoms with Gasteiger partial charge in [0.15, 0.2) is 11.6 Å². The Balaban J connectivity index is 2.09. The highest BCUT2D eigenvalue weighted by Gasteiger charge is 2.10. The number of benzene rings is 2. The average Bonchev–Trinajstić information content (AvgIpc) is 2.47. The van der Waals surface area contributed by atoms with E-state index in [1.807, 2.05) is 31.2 Å². The molecule has 0 aliphatic carbocycles. The first-order valence-corrected chi connectivity index (χ1v) is 8.05. The normalized spacial score (nSPS) is 10.6. The quantitative estimate of drug-likeness (QED) is 0.589. The van der Waals surface area contributed by atoms with E-state index >= 15 is 0 Å². The molecule has 0 fully saturated rings. The molecule has 0 aliphatic heterocycles. The maximum absolute atomic E-state index is 13.7. The van der Waals surface area contributed by atoms with E-state index < -0.39 is 5.82 Å². The van der Waals surface area contributed by atoms with Crippen molar-refractivity contribution in [1.29, 1.82) is 0 Å². The summed E-state index contributed by atoms with van der Waals surface area (Å²) >= 11 is 7.40. The number of halogens is 2. The molecule has 0 aromatic heterocycles. The lowest BCUT2D eigenvalue weighted by Crippen LogP contribution is -1.99. The molecule has 0 unspecified atom stereocenters. The molecule has 0 saturated carbocycles. The number of nitrogens with two attached hydrogens (primary N) is 1. The second kappa shape index (κ2) is 7.57. The SMILES string of the molecule is CCCOc1cc(SCc2ccc(Cl)cc2)c(N)cc1F. The maximum Gasteiger partial charge on any atom is 0.167 e. The van der Waals surface area contributed by atoms with E-state index in [1.54, 1.807) is 17.8 Å². The first kappa shape index (κ1) is 16.0. The van der Waals surface area contributed by atoms with Crippen molar-refractivity contribution in [3.05, 3.63) is 52.8 Å². The number of ether oxygens (including phenoxy) is 1. The Morgan fingerprint density at radius 3 is 2.62 bits per heavy atom. The van der Waals surface area contributed by atoms with Crippen LogP contribution in [0, 0.1) is 5.82 Å². The van der Waals surface area contributed by atoms with Gasteiger partial charge in [-0.15, -0.1) is 11.8 Å². The van der Waals surface area contributed by atoms with Gasteiger partial charge in [0, 0.05) is 27.4 Å². The number of thioether (sulfide) groups is 1. The highest BCUT2D eigenvalue weighted by molar-refractivity contribution is 7.98. The second-order valence-electron chi connectivity index (χ2n) is 4.58. The van der Waals surface area contributed by atoms with Gasteiger partial charge in [0.25, 0.3) is 0 Å². The van der Waals surface area contributed by atoms with Gasteiger partial charge in [-0.25, -0.2) is 4.39 Å². The van der Waals surface area contributed by atoms with Crippen LogP contribution in [0.25, 0.3) is 0 Å².